The fourth-order valence-corrected chi connectivity index (χ4v) is 4.75. The van der Waals surface area contributed by atoms with Crippen molar-refractivity contribution in [1.29, 1.82) is 0 Å². The lowest BCUT2D eigenvalue weighted by Crippen LogP contribution is -2.43. The van der Waals surface area contributed by atoms with Crippen LogP contribution in [0.5, 0.6) is 0 Å². The standard InChI is InChI=1S/C23H20ClFN2O4/c1-23(2)11-19-22(20(28)12-23)16(13-4-3-5-14(25)8-13)10-21(29)26(19)18-7-6-15(27(30)31)9-17(18)24/h3-9,16H,10-12H2,1-2H3. The van der Waals surface area contributed by atoms with E-state index in [2.05, 4.69) is 0 Å². The number of halogens is 2. The Bertz CT molecular complexity index is 1160. The van der Waals surface area contributed by atoms with Gasteiger partial charge in [0.2, 0.25) is 5.91 Å². The summed E-state index contributed by atoms with van der Waals surface area (Å²) >= 11 is 6.33. The van der Waals surface area contributed by atoms with Gasteiger partial charge in [-0.3, -0.25) is 24.6 Å². The first-order valence-corrected chi connectivity index (χ1v) is 10.2. The monoisotopic (exact) mass is 442 g/mol. The Kier molecular flexibility index (Phi) is 5.17. The minimum absolute atomic E-state index is 0.0260. The Balaban J connectivity index is 1.90. The zero-order chi connectivity index (χ0) is 22.5. The number of non-ortho nitro benzene ring substituents is 1. The average Bonchev–Trinajstić information content (AvgIpc) is 2.67. The van der Waals surface area contributed by atoms with E-state index in [1.54, 1.807) is 12.1 Å². The molecule has 0 bridgehead atoms. The molecule has 1 unspecified atom stereocenters. The van der Waals surface area contributed by atoms with Gasteiger partial charge in [0.05, 0.1) is 15.6 Å². The molecular weight excluding hydrogens is 423 g/mol. The Morgan fingerprint density at radius 1 is 1.16 bits per heavy atom. The Hall–Kier alpha value is -3.06. The first-order chi connectivity index (χ1) is 14.6. The molecule has 0 radical (unpaired) electrons. The van der Waals surface area contributed by atoms with E-state index in [1.807, 2.05) is 13.8 Å². The molecule has 0 fully saturated rings. The lowest BCUT2D eigenvalue weighted by atomic mass is 9.69. The maximum atomic E-state index is 13.9. The summed E-state index contributed by atoms with van der Waals surface area (Å²) in [7, 11) is 0. The van der Waals surface area contributed by atoms with Gasteiger partial charge in [0.25, 0.3) is 5.69 Å². The van der Waals surface area contributed by atoms with Crippen molar-refractivity contribution in [3.8, 4) is 0 Å². The second-order valence-electron chi connectivity index (χ2n) is 8.74. The number of amides is 1. The van der Waals surface area contributed by atoms with E-state index in [-0.39, 0.29) is 34.2 Å². The highest BCUT2D eigenvalue weighted by Gasteiger charge is 2.44. The summed E-state index contributed by atoms with van der Waals surface area (Å²) in [5.41, 5.74) is 1.31. The normalized spacial score (nSPS) is 20.6. The highest BCUT2D eigenvalue weighted by Crippen LogP contribution is 2.49. The average molecular weight is 443 g/mol. The van der Waals surface area contributed by atoms with E-state index in [4.69, 9.17) is 11.6 Å². The van der Waals surface area contributed by atoms with E-state index < -0.39 is 16.7 Å². The smallest absolute Gasteiger partial charge is 0.271 e. The Morgan fingerprint density at radius 3 is 2.55 bits per heavy atom. The van der Waals surface area contributed by atoms with Gasteiger partial charge in [0, 0.05) is 42.2 Å². The summed E-state index contributed by atoms with van der Waals surface area (Å²) in [6.45, 7) is 3.89. The van der Waals surface area contributed by atoms with E-state index in [0.717, 1.165) is 0 Å². The molecular formula is C23H20ClFN2O4. The van der Waals surface area contributed by atoms with Crippen molar-refractivity contribution in [1.82, 2.24) is 0 Å². The molecule has 1 heterocycles. The van der Waals surface area contributed by atoms with Crippen LogP contribution >= 0.6 is 11.6 Å². The van der Waals surface area contributed by atoms with Gasteiger partial charge >= 0.3 is 0 Å². The number of anilines is 1. The first-order valence-electron chi connectivity index (χ1n) is 9.86. The third-order valence-electron chi connectivity index (χ3n) is 5.78. The quantitative estimate of drug-likeness (QED) is 0.461. The van der Waals surface area contributed by atoms with Crippen LogP contribution in [0.15, 0.2) is 53.7 Å². The van der Waals surface area contributed by atoms with Gasteiger partial charge in [0.15, 0.2) is 5.78 Å². The number of ketones is 1. The maximum Gasteiger partial charge on any atom is 0.271 e. The molecule has 1 aliphatic carbocycles. The molecule has 31 heavy (non-hydrogen) atoms. The molecule has 2 aromatic rings. The number of nitro groups is 1. The number of benzene rings is 2. The topological polar surface area (TPSA) is 80.5 Å². The van der Waals surface area contributed by atoms with E-state index >= 15 is 0 Å². The van der Waals surface area contributed by atoms with Gasteiger partial charge in [-0.2, -0.15) is 0 Å². The summed E-state index contributed by atoms with van der Waals surface area (Å²) in [4.78, 5) is 38.4. The van der Waals surface area contributed by atoms with Crippen molar-refractivity contribution in [2.45, 2.75) is 39.0 Å². The van der Waals surface area contributed by atoms with E-state index in [1.165, 1.54) is 35.2 Å². The van der Waals surface area contributed by atoms with Crippen molar-refractivity contribution < 1.29 is 18.9 Å². The Labute approximate surface area is 183 Å². The highest BCUT2D eigenvalue weighted by atomic mass is 35.5. The zero-order valence-electron chi connectivity index (χ0n) is 17.0. The molecule has 2 aliphatic rings. The minimum atomic E-state index is -0.564. The number of hydrogen-bond donors (Lipinski definition) is 0. The van der Waals surface area contributed by atoms with E-state index in [0.29, 0.717) is 35.4 Å². The highest BCUT2D eigenvalue weighted by molar-refractivity contribution is 6.34. The number of rotatable bonds is 3. The largest absolute Gasteiger partial charge is 0.294 e. The van der Waals surface area contributed by atoms with Crippen molar-refractivity contribution in [2.75, 3.05) is 4.90 Å². The lowest BCUT2D eigenvalue weighted by molar-refractivity contribution is -0.384. The molecule has 1 atom stereocenters. The van der Waals surface area contributed by atoms with Gasteiger partial charge in [-0.15, -0.1) is 0 Å². The number of nitrogens with zero attached hydrogens (tertiary/aromatic N) is 2. The summed E-state index contributed by atoms with van der Waals surface area (Å²) in [6.07, 6.45) is 0.731. The van der Waals surface area contributed by atoms with Gasteiger partial charge in [-0.05, 0) is 35.6 Å². The SMILES string of the molecule is CC1(C)CC(=O)C2=C(C1)N(c1ccc([N+](=O)[O-])cc1Cl)C(=O)CC2c1cccc(F)c1. The predicted octanol–water partition coefficient (Wildman–Crippen LogP) is 5.55. The molecule has 1 aliphatic heterocycles. The number of allylic oxidation sites excluding steroid dienone is 2. The number of carbonyl (C=O) groups is 2. The molecule has 4 rings (SSSR count). The third-order valence-corrected chi connectivity index (χ3v) is 6.08. The van der Waals surface area contributed by atoms with Crippen molar-refractivity contribution in [3.05, 3.63) is 80.3 Å². The van der Waals surface area contributed by atoms with Crippen LogP contribution in [-0.2, 0) is 9.59 Å². The lowest BCUT2D eigenvalue weighted by Gasteiger charge is -2.43. The van der Waals surface area contributed by atoms with E-state index in [9.17, 15) is 24.1 Å². The van der Waals surface area contributed by atoms with Crippen LogP contribution in [-0.4, -0.2) is 16.6 Å². The van der Waals surface area contributed by atoms with Gasteiger partial charge < -0.3 is 0 Å². The van der Waals surface area contributed by atoms with Gasteiger partial charge in [-0.1, -0.05) is 37.6 Å². The third kappa shape index (κ3) is 3.85. The van der Waals surface area contributed by atoms with Crippen LogP contribution in [0, 0.1) is 21.3 Å². The second-order valence-corrected chi connectivity index (χ2v) is 9.14. The minimum Gasteiger partial charge on any atom is -0.294 e. The molecule has 0 saturated carbocycles. The van der Waals surface area contributed by atoms with Crippen LogP contribution in [0.3, 0.4) is 0 Å². The first kappa shape index (κ1) is 21.2. The molecule has 0 saturated heterocycles. The fraction of sp³-hybridized carbons (Fsp3) is 0.304. The molecule has 6 nitrogen and oxygen atoms in total. The molecule has 8 heteroatoms. The van der Waals surface area contributed by atoms with Crippen molar-refractivity contribution in [2.24, 2.45) is 5.41 Å². The maximum absolute atomic E-state index is 13.9. The fourth-order valence-electron chi connectivity index (χ4n) is 4.49. The van der Waals surface area contributed by atoms with Crippen LogP contribution in [0.4, 0.5) is 15.8 Å². The van der Waals surface area contributed by atoms with Gasteiger partial charge in [-0.25, -0.2) is 4.39 Å². The molecule has 160 valence electrons. The second kappa shape index (κ2) is 7.57. The van der Waals surface area contributed by atoms with Crippen molar-refractivity contribution >= 4 is 34.7 Å². The van der Waals surface area contributed by atoms with Crippen LogP contribution in [0.1, 0.15) is 44.6 Å². The summed E-state index contributed by atoms with van der Waals surface area (Å²) in [6, 6.07) is 9.85. The van der Waals surface area contributed by atoms with Crippen LogP contribution in [0.25, 0.3) is 0 Å². The summed E-state index contributed by atoms with van der Waals surface area (Å²) < 4.78 is 13.9. The Morgan fingerprint density at radius 2 is 1.90 bits per heavy atom. The molecule has 0 spiro atoms. The number of carbonyl (C=O) groups excluding carboxylic acids is 2. The van der Waals surface area contributed by atoms with Gasteiger partial charge in [0.1, 0.15) is 5.82 Å². The van der Waals surface area contributed by atoms with Crippen molar-refractivity contribution in [3.63, 3.8) is 0 Å². The predicted molar refractivity (Wildman–Crippen MR) is 114 cm³/mol. The zero-order valence-corrected chi connectivity index (χ0v) is 17.8. The molecule has 0 aromatic heterocycles. The van der Waals surface area contributed by atoms with Crippen LogP contribution < -0.4 is 4.90 Å². The number of nitro benzene ring substituents is 1. The summed E-state index contributed by atoms with van der Waals surface area (Å²) in [5, 5.41) is 11.1. The number of hydrogen-bond acceptors (Lipinski definition) is 4. The molecule has 2 aromatic carbocycles. The molecule has 0 N–H and O–H groups in total. The van der Waals surface area contributed by atoms with Crippen LogP contribution in [0.2, 0.25) is 5.02 Å². The number of Topliss-reactive ketones (excluding diaryl/α,β-unsaturated/α-hetero) is 1. The summed E-state index contributed by atoms with van der Waals surface area (Å²) in [5.74, 6) is -1.36. The molecule has 1 amide bonds.